The zero-order chi connectivity index (χ0) is 10.0. The first-order valence-electron chi connectivity index (χ1n) is 3.17. The Bertz CT molecular complexity index is 358. The minimum Gasteiger partial charge on any atom is -0.506 e. The summed E-state index contributed by atoms with van der Waals surface area (Å²) in [5, 5.41) is 27.6. The first kappa shape index (κ1) is 9.46. The minimum atomic E-state index is -1.28. The molecule has 0 radical (unpaired) electrons. The third kappa shape index (κ3) is 2.15. The van der Waals surface area contributed by atoms with Crippen molar-refractivity contribution < 1.29 is 19.9 Å². The van der Waals surface area contributed by atoms with Gasteiger partial charge < -0.3 is 10.2 Å². The third-order valence-electron chi connectivity index (χ3n) is 1.24. The van der Waals surface area contributed by atoms with E-state index in [0.717, 1.165) is 6.07 Å². The molecule has 0 saturated heterocycles. The SMILES string of the molecule is O=C(O)c1sc(C[N+](=O)[O-])cc1O. The van der Waals surface area contributed by atoms with Crippen LogP contribution in [0, 0.1) is 10.1 Å². The van der Waals surface area contributed by atoms with Gasteiger partial charge in [-0.25, -0.2) is 4.79 Å². The molecule has 0 saturated carbocycles. The number of aromatic carboxylic acids is 1. The Balaban J connectivity index is 2.95. The molecule has 0 atom stereocenters. The van der Waals surface area contributed by atoms with Crippen LogP contribution >= 0.6 is 11.3 Å². The highest BCUT2D eigenvalue weighted by Gasteiger charge is 2.16. The highest BCUT2D eigenvalue weighted by atomic mass is 32.1. The van der Waals surface area contributed by atoms with Crippen LogP contribution in [0.5, 0.6) is 5.75 Å². The summed E-state index contributed by atoms with van der Waals surface area (Å²) in [7, 11) is 0. The summed E-state index contributed by atoms with van der Waals surface area (Å²) in [6, 6.07) is 1.09. The van der Waals surface area contributed by atoms with E-state index in [1.807, 2.05) is 0 Å². The monoisotopic (exact) mass is 203 g/mol. The van der Waals surface area contributed by atoms with Crippen molar-refractivity contribution in [3.63, 3.8) is 0 Å². The van der Waals surface area contributed by atoms with E-state index in [1.165, 1.54) is 0 Å². The smallest absolute Gasteiger partial charge is 0.349 e. The Morgan fingerprint density at radius 2 is 2.31 bits per heavy atom. The lowest BCUT2D eigenvalue weighted by atomic mass is 10.4. The van der Waals surface area contributed by atoms with Gasteiger partial charge in [0.05, 0.1) is 4.88 Å². The van der Waals surface area contributed by atoms with Crippen molar-refractivity contribution in [2.75, 3.05) is 0 Å². The summed E-state index contributed by atoms with van der Waals surface area (Å²) in [6.45, 7) is -0.467. The standard InChI is InChI=1S/C6H5NO5S/c8-4-1-3(2-7(11)12)13-5(4)6(9)10/h1,8H,2H2,(H,9,10). The molecule has 1 aromatic rings. The maximum absolute atomic E-state index is 10.4. The Kier molecular flexibility index (Phi) is 2.47. The summed E-state index contributed by atoms with van der Waals surface area (Å²) >= 11 is 0.705. The highest BCUT2D eigenvalue weighted by molar-refractivity contribution is 7.14. The number of hydrogen-bond acceptors (Lipinski definition) is 5. The van der Waals surface area contributed by atoms with Gasteiger partial charge in [0.15, 0.2) is 4.88 Å². The van der Waals surface area contributed by atoms with Crippen molar-refractivity contribution >= 4 is 17.3 Å². The summed E-state index contributed by atoms with van der Waals surface area (Å²) < 4.78 is 0. The van der Waals surface area contributed by atoms with Gasteiger partial charge in [0.2, 0.25) is 6.54 Å². The average molecular weight is 203 g/mol. The van der Waals surface area contributed by atoms with Crippen molar-refractivity contribution in [1.82, 2.24) is 0 Å². The Morgan fingerprint density at radius 1 is 1.69 bits per heavy atom. The molecule has 0 spiro atoms. The van der Waals surface area contributed by atoms with Crippen LogP contribution in [0.4, 0.5) is 0 Å². The van der Waals surface area contributed by atoms with E-state index in [2.05, 4.69) is 0 Å². The van der Waals surface area contributed by atoms with Gasteiger partial charge in [-0.2, -0.15) is 0 Å². The van der Waals surface area contributed by atoms with E-state index in [0.29, 0.717) is 11.3 Å². The van der Waals surface area contributed by atoms with Crippen molar-refractivity contribution in [3.05, 3.63) is 25.9 Å². The van der Waals surface area contributed by atoms with Gasteiger partial charge in [0.1, 0.15) is 5.75 Å². The lowest BCUT2D eigenvalue weighted by Gasteiger charge is -1.86. The molecule has 1 rings (SSSR count). The molecule has 2 N–H and O–H groups in total. The average Bonchev–Trinajstić information content (AvgIpc) is 2.29. The number of carboxylic acids is 1. The summed E-state index contributed by atoms with van der Waals surface area (Å²) in [5.74, 6) is -1.70. The van der Waals surface area contributed by atoms with Crippen molar-refractivity contribution in [1.29, 1.82) is 0 Å². The van der Waals surface area contributed by atoms with Crippen LogP contribution < -0.4 is 0 Å². The number of thiophene rings is 1. The fourth-order valence-corrected chi connectivity index (χ4v) is 1.64. The van der Waals surface area contributed by atoms with E-state index >= 15 is 0 Å². The molecule has 0 unspecified atom stereocenters. The zero-order valence-corrected chi connectivity index (χ0v) is 7.08. The quantitative estimate of drug-likeness (QED) is 0.562. The molecular weight excluding hydrogens is 198 g/mol. The van der Waals surface area contributed by atoms with Crippen LogP contribution in [0.25, 0.3) is 0 Å². The van der Waals surface area contributed by atoms with E-state index < -0.39 is 23.2 Å². The van der Waals surface area contributed by atoms with E-state index in [1.54, 1.807) is 0 Å². The normalized spacial score (nSPS) is 9.85. The predicted molar refractivity (Wildman–Crippen MR) is 43.6 cm³/mol. The van der Waals surface area contributed by atoms with Crippen LogP contribution in [0.1, 0.15) is 14.5 Å². The van der Waals surface area contributed by atoms with Gasteiger partial charge in [0.25, 0.3) is 0 Å². The fourth-order valence-electron chi connectivity index (χ4n) is 0.789. The van der Waals surface area contributed by atoms with Crippen molar-refractivity contribution in [2.24, 2.45) is 0 Å². The summed E-state index contributed by atoms with van der Waals surface area (Å²) in [5.41, 5.74) is 0. The van der Waals surface area contributed by atoms with Crippen LogP contribution in [0.15, 0.2) is 6.07 Å². The maximum atomic E-state index is 10.4. The molecule has 1 heterocycles. The van der Waals surface area contributed by atoms with Gasteiger partial charge in [0, 0.05) is 11.0 Å². The van der Waals surface area contributed by atoms with E-state index in [4.69, 9.17) is 10.2 Å². The third-order valence-corrected chi connectivity index (χ3v) is 2.34. The van der Waals surface area contributed by atoms with E-state index in [-0.39, 0.29) is 9.75 Å². The first-order chi connectivity index (χ1) is 6.00. The molecule has 0 bridgehead atoms. The molecule has 0 aliphatic heterocycles. The molecule has 0 amide bonds. The summed E-state index contributed by atoms with van der Waals surface area (Å²) in [6.07, 6.45) is 0. The van der Waals surface area contributed by atoms with Gasteiger partial charge in [-0.3, -0.25) is 10.1 Å². The van der Waals surface area contributed by atoms with Crippen LogP contribution in [-0.4, -0.2) is 21.1 Å². The predicted octanol–water partition coefficient (Wildman–Crippen LogP) is 0.929. The highest BCUT2D eigenvalue weighted by Crippen LogP contribution is 2.28. The molecule has 0 aromatic carbocycles. The van der Waals surface area contributed by atoms with Gasteiger partial charge in [-0.15, -0.1) is 11.3 Å². The Labute approximate surface area is 76.2 Å². The molecule has 70 valence electrons. The Morgan fingerprint density at radius 3 is 2.69 bits per heavy atom. The van der Waals surface area contributed by atoms with Crippen molar-refractivity contribution in [2.45, 2.75) is 6.54 Å². The molecule has 0 aliphatic rings. The van der Waals surface area contributed by atoms with E-state index in [9.17, 15) is 14.9 Å². The second kappa shape index (κ2) is 3.40. The Hall–Kier alpha value is -1.63. The number of nitrogens with zero attached hydrogens (tertiary/aromatic N) is 1. The lowest BCUT2D eigenvalue weighted by Crippen LogP contribution is -1.95. The molecule has 6 nitrogen and oxygen atoms in total. The van der Waals surface area contributed by atoms with Crippen LogP contribution in [-0.2, 0) is 6.54 Å². The minimum absolute atomic E-state index is 0.222. The first-order valence-corrected chi connectivity index (χ1v) is 3.99. The number of carbonyl (C=O) groups is 1. The van der Waals surface area contributed by atoms with Crippen LogP contribution in [0.3, 0.4) is 0 Å². The molecule has 13 heavy (non-hydrogen) atoms. The molecule has 1 aromatic heterocycles. The van der Waals surface area contributed by atoms with Crippen molar-refractivity contribution in [3.8, 4) is 5.75 Å². The molecular formula is C6H5NO5S. The lowest BCUT2D eigenvalue weighted by molar-refractivity contribution is -0.496. The maximum Gasteiger partial charge on any atom is 0.349 e. The number of aromatic hydroxyl groups is 1. The second-order valence-electron chi connectivity index (χ2n) is 2.22. The van der Waals surface area contributed by atoms with Gasteiger partial charge >= 0.3 is 5.97 Å². The number of nitro groups is 1. The van der Waals surface area contributed by atoms with Gasteiger partial charge in [-0.05, 0) is 0 Å². The zero-order valence-electron chi connectivity index (χ0n) is 6.26. The number of rotatable bonds is 3. The number of hydrogen-bond donors (Lipinski definition) is 2. The van der Waals surface area contributed by atoms with Gasteiger partial charge in [-0.1, -0.05) is 0 Å². The molecule has 0 aliphatic carbocycles. The van der Waals surface area contributed by atoms with Crippen LogP contribution in [0.2, 0.25) is 0 Å². The number of carboxylic acid groups (broad SMARTS) is 1. The largest absolute Gasteiger partial charge is 0.506 e. The second-order valence-corrected chi connectivity index (χ2v) is 3.36. The fraction of sp³-hybridized carbons (Fsp3) is 0.167. The summed E-state index contributed by atoms with van der Waals surface area (Å²) in [4.78, 5) is 19.8. The molecule has 7 heteroatoms. The molecule has 0 fully saturated rings. The topological polar surface area (TPSA) is 101 Å².